The van der Waals surface area contributed by atoms with Crippen molar-refractivity contribution in [1.82, 2.24) is 20.2 Å². The summed E-state index contributed by atoms with van der Waals surface area (Å²) >= 11 is 6.23. The smallest absolute Gasteiger partial charge is 0.154 e. The first-order valence-electron chi connectivity index (χ1n) is 5.58. The van der Waals surface area contributed by atoms with E-state index < -0.39 is 0 Å². The largest absolute Gasteiger partial charge is 0.232 e. The van der Waals surface area contributed by atoms with Gasteiger partial charge < -0.3 is 0 Å². The summed E-state index contributed by atoms with van der Waals surface area (Å²) in [7, 11) is 1.90. The lowest BCUT2D eigenvalue weighted by atomic mass is 9.77. The van der Waals surface area contributed by atoms with Gasteiger partial charge >= 0.3 is 0 Å². The second-order valence-corrected chi connectivity index (χ2v) is 4.96. The minimum atomic E-state index is 0.287. The molecule has 0 radical (unpaired) electrons. The molecule has 0 N–H and O–H groups in total. The van der Waals surface area contributed by atoms with Gasteiger partial charge in [0.2, 0.25) is 0 Å². The number of halogens is 1. The first-order chi connectivity index (χ1) is 7.22. The van der Waals surface area contributed by atoms with Crippen molar-refractivity contribution in [1.29, 1.82) is 0 Å². The Morgan fingerprint density at radius 2 is 2.27 bits per heavy atom. The number of hydrogen-bond donors (Lipinski definition) is 0. The van der Waals surface area contributed by atoms with E-state index in [9.17, 15) is 0 Å². The van der Waals surface area contributed by atoms with Gasteiger partial charge in [0.05, 0.1) is 0 Å². The summed E-state index contributed by atoms with van der Waals surface area (Å²) in [6, 6.07) is 0. The molecular weight excluding hydrogens is 212 g/mol. The molecule has 3 atom stereocenters. The van der Waals surface area contributed by atoms with Crippen LogP contribution in [0.4, 0.5) is 0 Å². The van der Waals surface area contributed by atoms with Crippen molar-refractivity contribution in [3.05, 3.63) is 5.82 Å². The van der Waals surface area contributed by atoms with Gasteiger partial charge in [0, 0.05) is 18.3 Å². The molecular formula is C10H17ClN4. The monoisotopic (exact) mass is 228 g/mol. The van der Waals surface area contributed by atoms with E-state index in [2.05, 4.69) is 22.4 Å². The molecule has 0 aromatic carbocycles. The molecule has 0 spiro atoms. The fraction of sp³-hybridized carbons (Fsp3) is 0.900. The van der Waals surface area contributed by atoms with E-state index in [0.717, 1.165) is 18.7 Å². The lowest BCUT2D eigenvalue weighted by molar-refractivity contribution is 0.287. The Labute approximate surface area is 95.0 Å². The molecule has 1 aromatic heterocycles. The van der Waals surface area contributed by atoms with Gasteiger partial charge in [-0.15, -0.1) is 16.7 Å². The van der Waals surface area contributed by atoms with Crippen LogP contribution in [0.25, 0.3) is 0 Å². The molecule has 1 aliphatic carbocycles. The van der Waals surface area contributed by atoms with Crippen LogP contribution >= 0.6 is 11.6 Å². The van der Waals surface area contributed by atoms with Gasteiger partial charge in [-0.05, 0) is 35.6 Å². The van der Waals surface area contributed by atoms with E-state index in [1.807, 2.05) is 7.05 Å². The fourth-order valence-electron chi connectivity index (χ4n) is 2.54. The summed E-state index contributed by atoms with van der Waals surface area (Å²) in [6.45, 7) is 2.23. The number of rotatable bonds is 2. The number of alkyl halides is 1. The fourth-order valence-corrected chi connectivity index (χ4v) is 2.86. The Bertz CT molecular complexity index is 325. The zero-order valence-corrected chi connectivity index (χ0v) is 9.98. The molecule has 0 aliphatic heterocycles. The van der Waals surface area contributed by atoms with Gasteiger partial charge in [0.15, 0.2) is 5.82 Å². The standard InChI is InChI=1S/C10H17ClN4/c1-3-7-4-5-8(11)6-9(7)10-12-13-14-15(10)2/h7-9H,3-6H2,1-2H3. The van der Waals surface area contributed by atoms with Crippen molar-refractivity contribution in [2.75, 3.05) is 0 Å². The normalized spacial score (nSPS) is 31.8. The SMILES string of the molecule is CCC1CCC(Cl)CC1c1nnnn1C. The molecule has 1 saturated carbocycles. The molecule has 5 heteroatoms. The van der Waals surface area contributed by atoms with Gasteiger partial charge in [-0.25, -0.2) is 4.68 Å². The lowest BCUT2D eigenvalue weighted by Crippen LogP contribution is -2.25. The molecule has 0 saturated heterocycles. The zero-order valence-electron chi connectivity index (χ0n) is 9.23. The Kier molecular flexibility index (Phi) is 3.24. The lowest BCUT2D eigenvalue weighted by Gasteiger charge is -2.32. The van der Waals surface area contributed by atoms with Crippen LogP contribution in [0.2, 0.25) is 0 Å². The third kappa shape index (κ3) is 2.14. The van der Waals surface area contributed by atoms with Gasteiger partial charge in [0.25, 0.3) is 0 Å². The van der Waals surface area contributed by atoms with Crippen LogP contribution in [0.3, 0.4) is 0 Å². The average Bonchev–Trinajstić information content (AvgIpc) is 2.64. The molecule has 2 rings (SSSR count). The van der Waals surface area contributed by atoms with E-state index in [1.165, 1.54) is 12.8 Å². The molecule has 3 unspecified atom stereocenters. The molecule has 84 valence electrons. The predicted molar refractivity (Wildman–Crippen MR) is 58.8 cm³/mol. The summed E-state index contributed by atoms with van der Waals surface area (Å²) in [4.78, 5) is 0. The molecule has 4 nitrogen and oxygen atoms in total. The number of tetrazole rings is 1. The molecule has 0 bridgehead atoms. The van der Waals surface area contributed by atoms with Crippen LogP contribution in [-0.4, -0.2) is 25.6 Å². The third-order valence-corrected chi connectivity index (χ3v) is 3.83. The maximum absolute atomic E-state index is 6.23. The van der Waals surface area contributed by atoms with Gasteiger partial charge in [0.1, 0.15) is 0 Å². The summed E-state index contributed by atoms with van der Waals surface area (Å²) < 4.78 is 1.78. The first kappa shape index (κ1) is 10.9. The molecule has 1 aromatic rings. The Balaban J connectivity index is 2.20. The quantitative estimate of drug-likeness (QED) is 0.729. The maximum Gasteiger partial charge on any atom is 0.154 e. The van der Waals surface area contributed by atoms with Crippen molar-refractivity contribution in [2.45, 2.75) is 43.9 Å². The van der Waals surface area contributed by atoms with Gasteiger partial charge in [-0.2, -0.15) is 0 Å². The van der Waals surface area contributed by atoms with Crippen LogP contribution in [0.5, 0.6) is 0 Å². The first-order valence-corrected chi connectivity index (χ1v) is 6.02. The predicted octanol–water partition coefficient (Wildman–Crippen LogP) is 2.11. The van der Waals surface area contributed by atoms with E-state index >= 15 is 0 Å². The number of hydrogen-bond acceptors (Lipinski definition) is 3. The van der Waals surface area contributed by atoms with E-state index in [0.29, 0.717) is 11.8 Å². The Morgan fingerprint density at radius 3 is 2.87 bits per heavy atom. The van der Waals surface area contributed by atoms with Crippen molar-refractivity contribution < 1.29 is 0 Å². The third-order valence-electron chi connectivity index (χ3n) is 3.44. The molecule has 0 amide bonds. The highest BCUT2D eigenvalue weighted by Crippen LogP contribution is 2.40. The highest BCUT2D eigenvalue weighted by Gasteiger charge is 2.32. The van der Waals surface area contributed by atoms with Crippen LogP contribution in [0.1, 0.15) is 44.3 Å². The van der Waals surface area contributed by atoms with Gasteiger partial charge in [-0.1, -0.05) is 13.3 Å². The topological polar surface area (TPSA) is 43.6 Å². The molecule has 1 heterocycles. The molecule has 1 fully saturated rings. The van der Waals surface area contributed by atoms with E-state index in [1.54, 1.807) is 4.68 Å². The molecule has 1 aliphatic rings. The maximum atomic E-state index is 6.23. The second kappa shape index (κ2) is 4.47. The van der Waals surface area contributed by atoms with Crippen molar-refractivity contribution in [2.24, 2.45) is 13.0 Å². The second-order valence-electron chi connectivity index (χ2n) is 4.35. The highest BCUT2D eigenvalue weighted by molar-refractivity contribution is 6.20. The number of aryl methyl sites for hydroxylation is 1. The Hall–Kier alpha value is -0.640. The average molecular weight is 229 g/mol. The summed E-state index contributed by atoms with van der Waals surface area (Å²) in [6.07, 6.45) is 4.51. The van der Waals surface area contributed by atoms with Crippen LogP contribution < -0.4 is 0 Å². The van der Waals surface area contributed by atoms with Crippen LogP contribution in [0.15, 0.2) is 0 Å². The molecule has 15 heavy (non-hydrogen) atoms. The van der Waals surface area contributed by atoms with Crippen molar-refractivity contribution >= 4 is 11.6 Å². The Morgan fingerprint density at radius 1 is 1.47 bits per heavy atom. The van der Waals surface area contributed by atoms with Crippen molar-refractivity contribution in [3.63, 3.8) is 0 Å². The van der Waals surface area contributed by atoms with E-state index in [-0.39, 0.29) is 5.38 Å². The van der Waals surface area contributed by atoms with Crippen LogP contribution in [-0.2, 0) is 7.05 Å². The minimum absolute atomic E-state index is 0.287. The highest BCUT2D eigenvalue weighted by atomic mass is 35.5. The summed E-state index contributed by atoms with van der Waals surface area (Å²) in [5.41, 5.74) is 0. The van der Waals surface area contributed by atoms with Crippen molar-refractivity contribution in [3.8, 4) is 0 Å². The number of nitrogens with zero attached hydrogens (tertiary/aromatic N) is 4. The van der Waals surface area contributed by atoms with Crippen LogP contribution in [0, 0.1) is 5.92 Å². The zero-order chi connectivity index (χ0) is 10.8. The van der Waals surface area contributed by atoms with E-state index in [4.69, 9.17) is 11.6 Å². The summed E-state index contributed by atoms with van der Waals surface area (Å²) in [5, 5.41) is 12.0. The van der Waals surface area contributed by atoms with Gasteiger partial charge in [-0.3, -0.25) is 0 Å². The summed E-state index contributed by atoms with van der Waals surface area (Å²) in [5.74, 6) is 2.11. The minimum Gasteiger partial charge on any atom is -0.232 e. The number of aromatic nitrogens is 4.